The molecule has 0 saturated carbocycles. The zero-order valence-corrected chi connectivity index (χ0v) is 15.1. The number of carbonyl (C=O) groups excluding carboxylic acids is 1. The molecule has 2 atom stereocenters. The van der Waals surface area contributed by atoms with Gasteiger partial charge in [0.15, 0.2) is 0 Å². The van der Waals surface area contributed by atoms with Gasteiger partial charge in [-0.15, -0.1) is 0 Å². The monoisotopic (exact) mass is 310 g/mol. The summed E-state index contributed by atoms with van der Waals surface area (Å²) >= 11 is 0. The van der Waals surface area contributed by atoms with Gasteiger partial charge in [-0.2, -0.15) is 0 Å². The van der Waals surface area contributed by atoms with Gasteiger partial charge in [0.1, 0.15) is 6.10 Å². The number of carbonyl (C=O) groups is 1. The van der Waals surface area contributed by atoms with E-state index in [1.807, 2.05) is 0 Å². The average molecular weight is 311 g/mol. The highest BCUT2D eigenvalue weighted by Gasteiger charge is 2.40. The smallest absolute Gasteiger partial charge is 0.313 e. The number of rotatable bonds is 15. The van der Waals surface area contributed by atoms with Gasteiger partial charge in [0.2, 0.25) is 0 Å². The molecule has 0 unspecified atom stereocenters. The van der Waals surface area contributed by atoms with Crippen molar-refractivity contribution in [2.45, 2.75) is 116 Å². The van der Waals surface area contributed by atoms with Crippen LogP contribution >= 0.6 is 0 Å². The highest BCUT2D eigenvalue weighted by Crippen LogP contribution is 2.31. The number of cyclic esters (lactones) is 1. The molecule has 22 heavy (non-hydrogen) atoms. The lowest BCUT2D eigenvalue weighted by atomic mass is 9.88. The molecule has 0 spiro atoms. The predicted molar refractivity (Wildman–Crippen MR) is 94.0 cm³/mol. The zero-order chi connectivity index (χ0) is 16.0. The third-order valence-corrected chi connectivity index (χ3v) is 4.98. The Bertz CT molecular complexity index is 275. The van der Waals surface area contributed by atoms with Crippen LogP contribution in [0.15, 0.2) is 0 Å². The van der Waals surface area contributed by atoms with Gasteiger partial charge in [-0.25, -0.2) is 0 Å². The maximum atomic E-state index is 11.4. The first kappa shape index (κ1) is 19.5. The molecule has 0 aliphatic carbocycles. The molecule has 130 valence electrons. The molecule has 0 bridgehead atoms. The normalized spacial score (nSPS) is 20.7. The van der Waals surface area contributed by atoms with Crippen LogP contribution in [0.3, 0.4) is 0 Å². The van der Waals surface area contributed by atoms with Crippen molar-refractivity contribution < 1.29 is 9.53 Å². The largest absolute Gasteiger partial charge is 0.461 e. The Balaban J connectivity index is 1.84. The second kappa shape index (κ2) is 13.0. The molecule has 1 aliphatic heterocycles. The Morgan fingerprint density at radius 3 is 1.68 bits per heavy atom. The second-order valence-electron chi connectivity index (χ2n) is 7.05. The summed E-state index contributed by atoms with van der Waals surface area (Å²) in [6.45, 7) is 4.46. The van der Waals surface area contributed by atoms with Crippen LogP contribution in [0.1, 0.15) is 110 Å². The molecule has 1 rings (SSSR count). The lowest BCUT2D eigenvalue weighted by molar-refractivity contribution is -0.186. The third-order valence-electron chi connectivity index (χ3n) is 4.98. The summed E-state index contributed by atoms with van der Waals surface area (Å²) in [4.78, 5) is 11.4. The van der Waals surface area contributed by atoms with Crippen molar-refractivity contribution in [3.05, 3.63) is 0 Å². The van der Waals surface area contributed by atoms with Crippen molar-refractivity contribution in [3.63, 3.8) is 0 Å². The van der Waals surface area contributed by atoms with Crippen molar-refractivity contribution >= 4 is 5.97 Å². The van der Waals surface area contributed by atoms with Crippen LogP contribution in [0.5, 0.6) is 0 Å². The first-order valence-corrected chi connectivity index (χ1v) is 10.00. The second-order valence-corrected chi connectivity index (χ2v) is 7.05. The SMILES string of the molecule is CCCCCCCCCCCCC[C@@H]1OC(=O)[C@H]1CCCC. The summed E-state index contributed by atoms with van der Waals surface area (Å²) in [6.07, 6.45) is 19.9. The zero-order valence-electron chi connectivity index (χ0n) is 15.1. The van der Waals surface area contributed by atoms with Crippen LogP contribution in [-0.2, 0) is 9.53 Å². The Morgan fingerprint density at radius 1 is 0.682 bits per heavy atom. The van der Waals surface area contributed by atoms with Gasteiger partial charge in [0.05, 0.1) is 5.92 Å². The van der Waals surface area contributed by atoms with E-state index in [1.165, 1.54) is 77.0 Å². The fraction of sp³-hybridized carbons (Fsp3) is 0.950. The maximum Gasteiger partial charge on any atom is 0.313 e. The number of ether oxygens (including phenoxy) is 1. The van der Waals surface area contributed by atoms with Gasteiger partial charge >= 0.3 is 5.97 Å². The molecule has 1 heterocycles. The summed E-state index contributed by atoms with van der Waals surface area (Å²) in [5, 5.41) is 0. The van der Waals surface area contributed by atoms with Gasteiger partial charge in [-0.1, -0.05) is 90.9 Å². The van der Waals surface area contributed by atoms with E-state index in [0.717, 1.165) is 19.3 Å². The molecule has 1 fully saturated rings. The molecule has 2 heteroatoms. The molecule has 0 aromatic rings. The highest BCUT2D eigenvalue weighted by molar-refractivity contribution is 5.78. The molecular formula is C20H38O2. The van der Waals surface area contributed by atoms with Crippen molar-refractivity contribution in [1.82, 2.24) is 0 Å². The van der Waals surface area contributed by atoms with E-state index in [1.54, 1.807) is 0 Å². The van der Waals surface area contributed by atoms with Gasteiger partial charge in [0, 0.05) is 0 Å². The first-order chi connectivity index (χ1) is 10.8. The van der Waals surface area contributed by atoms with Crippen LogP contribution in [0.4, 0.5) is 0 Å². The summed E-state index contributed by atoms with van der Waals surface area (Å²) in [5.41, 5.74) is 0. The number of unbranched alkanes of at least 4 members (excludes halogenated alkanes) is 11. The Morgan fingerprint density at radius 2 is 1.18 bits per heavy atom. The predicted octanol–water partition coefficient (Wildman–Crippen LogP) is 6.42. The lowest BCUT2D eigenvalue weighted by Crippen LogP contribution is -2.44. The third kappa shape index (κ3) is 8.19. The lowest BCUT2D eigenvalue weighted by Gasteiger charge is -2.35. The molecule has 0 N–H and O–H groups in total. The van der Waals surface area contributed by atoms with E-state index >= 15 is 0 Å². The maximum absolute atomic E-state index is 11.4. The van der Waals surface area contributed by atoms with Crippen LogP contribution < -0.4 is 0 Å². The van der Waals surface area contributed by atoms with Crippen LogP contribution in [0, 0.1) is 5.92 Å². The topological polar surface area (TPSA) is 26.3 Å². The van der Waals surface area contributed by atoms with Crippen molar-refractivity contribution in [3.8, 4) is 0 Å². The number of esters is 1. The number of hydrogen-bond donors (Lipinski definition) is 0. The van der Waals surface area contributed by atoms with Crippen molar-refractivity contribution in [1.29, 1.82) is 0 Å². The molecule has 2 nitrogen and oxygen atoms in total. The van der Waals surface area contributed by atoms with Crippen molar-refractivity contribution in [2.24, 2.45) is 5.92 Å². The minimum Gasteiger partial charge on any atom is -0.461 e. The van der Waals surface area contributed by atoms with Gasteiger partial charge < -0.3 is 4.74 Å². The summed E-state index contributed by atoms with van der Waals surface area (Å²) in [6, 6.07) is 0. The molecule has 0 aromatic carbocycles. The van der Waals surface area contributed by atoms with Crippen LogP contribution in [-0.4, -0.2) is 12.1 Å². The fourth-order valence-electron chi connectivity index (χ4n) is 3.40. The Labute approximate surface area is 138 Å². The van der Waals surface area contributed by atoms with Gasteiger partial charge in [0.25, 0.3) is 0 Å². The van der Waals surface area contributed by atoms with E-state index in [-0.39, 0.29) is 18.0 Å². The van der Waals surface area contributed by atoms with E-state index in [4.69, 9.17) is 4.74 Å². The minimum atomic E-state index is 0.0570. The van der Waals surface area contributed by atoms with Crippen molar-refractivity contribution in [2.75, 3.05) is 0 Å². The van der Waals surface area contributed by atoms with E-state index < -0.39 is 0 Å². The van der Waals surface area contributed by atoms with Gasteiger partial charge in [-0.3, -0.25) is 4.79 Å². The molecule has 0 amide bonds. The summed E-state index contributed by atoms with van der Waals surface area (Å²) in [5.74, 6) is 0.282. The van der Waals surface area contributed by atoms with E-state index in [9.17, 15) is 4.79 Å². The van der Waals surface area contributed by atoms with E-state index in [2.05, 4.69) is 13.8 Å². The minimum absolute atomic E-state index is 0.0570. The first-order valence-electron chi connectivity index (χ1n) is 10.00. The fourth-order valence-corrected chi connectivity index (χ4v) is 3.40. The number of hydrogen-bond acceptors (Lipinski definition) is 2. The van der Waals surface area contributed by atoms with Gasteiger partial charge in [-0.05, 0) is 19.3 Å². The van der Waals surface area contributed by atoms with Crippen LogP contribution in [0.25, 0.3) is 0 Å². The van der Waals surface area contributed by atoms with E-state index in [0.29, 0.717) is 0 Å². The molecule has 0 radical (unpaired) electrons. The Hall–Kier alpha value is -0.530. The van der Waals surface area contributed by atoms with Crippen LogP contribution in [0.2, 0.25) is 0 Å². The Kier molecular flexibility index (Phi) is 11.5. The average Bonchev–Trinajstić information content (AvgIpc) is 2.51. The molecule has 1 aliphatic rings. The summed E-state index contributed by atoms with van der Waals surface area (Å²) < 4.78 is 5.30. The quantitative estimate of drug-likeness (QED) is 0.258. The molecule has 1 saturated heterocycles. The molecular weight excluding hydrogens is 272 g/mol. The summed E-state index contributed by atoms with van der Waals surface area (Å²) in [7, 11) is 0. The molecule has 0 aromatic heterocycles. The highest BCUT2D eigenvalue weighted by atomic mass is 16.6. The standard InChI is InChI=1S/C20H38O2/c1-3-5-7-8-9-10-11-12-13-14-15-17-19-18(16-6-4-2)20(21)22-19/h18-19H,3-17H2,1-2H3/t18-,19-/m0/s1.